The van der Waals surface area contributed by atoms with E-state index in [1.165, 1.54) is 0 Å². The van der Waals surface area contributed by atoms with Crippen molar-refractivity contribution in [3.8, 4) is 0 Å². The third-order valence-corrected chi connectivity index (χ3v) is 3.25. The first-order valence-electron chi connectivity index (χ1n) is 4.90. The first-order chi connectivity index (χ1) is 6.60. The van der Waals surface area contributed by atoms with Gasteiger partial charge >= 0.3 is 0 Å². The summed E-state index contributed by atoms with van der Waals surface area (Å²) in [7, 11) is 1.78. The molecule has 0 bridgehead atoms. The number of carbonyl (C=O) groups is 2. The van der Waals surface area contributed by atoms with Gasteiger partial charge in [-0.15, -0.1) is 0 Å². The Morgan fingerprint density at radius 1 is 1.50 bits per heavy atom. The van der Waals surface area contributed by atoms with Crippen molar-refractivity contribution in [2.75, 3.05) is 13.6 Å². The molecule has 5 nitrogen and oxygen atoms in total. The Balaban J connectivity index is 2.02. The number of nitrogens with one attached hydrogen (secondary N) is 1. The number of hydrogen-bond donors (Lipinski definition) is 2. The fourth-order valence-corrected chi connectivity index (χ4v) is 1.90. The van der Waals surface area contributed by atoms with Gasteiger partial charge in [0.25, 0.3) is 0 Å². The zero-order valence-electron chi connectivity index (χ0n) is 8.25. The lowest BCUT2D eigenvalue weighted by atomic mass is 10.0. The lowest BCUT2D eigenvalue weighted by Crippen LogP contribution is -2.62. The molecule has 14 heavy (non-hydrogen) atoms. The van der Waals surface area contributed by atoms with Crippen LogP contribution in [0.4, 0.5) is 0 Å². The maximum Gasteiger partial charge on any atom is 0.243 e. The number of carbonyl (C=O) groups excluding carboxylic acids is 2. The van der Waals surface area contributed by atoms with Crippen molar-refractivity contribution in [3.05, 3.63) is 0 Å². The van der Waals surface area contributed by atoms with E-state index in [-0.39, 0.29) is 17.5 Å². The molecular formula is C9H15N3O2. The molecule has 0 aromatic carbocycles. The first kappa shape index (κ1) is 9.45. The van der Waals surface area contributed by atoms with E-state index in [0.29, 0.717) is 13.0 Å². The number of likely N-dealkylation sites (N-methyl/N-ethyl adjacent to an activating group) is 1. The first-order valence-corrected chi connectivity index (χ1v) is 4.90. The predicted octanol–water partition coefficient (Wildman–Crippen LogP) is -1.18. The van der Waals surface area contributed by atoms with Gasteiger partial charge in [0.1, 0.15) is 6.04 Å². The summed E-state index contributed by atoms with van der Waals surface area (Å²) in [5, 5.41) is 3.02. The summed E-state index contributed by atoms with van der Waals surface area (Å²) in [6, 6.07) is -0.367. The zero-order valence-corrected chi connectivity index (χ0v) is 8.25. The highest BCUT2D eigenvalue weighted by molar-refractivity contribution is 5.94. The topological polar surface area (TPSA) is 75.4 Å². The fraction of sp³-hybridized carbons (Fsp3) is 0.778. The Kier molecular flexibility index (Phi) is 1.99. The monoisotopic (exact) mass is 197 g/mol. The molecule has 5 heteroatoms. The molecule has 2 fully saturated rings. The van der Waals surface area contributed by atoms with Crippen LogP contribution in [0.5, 0.6) is 0 Å². The smallest absolute Gasteiger partial charge is 0.243 e. The van der Waals surface area contributed by atoms with Crippen molar-refractivity contribution >= 4 is 11.8 Å². The van der Waals surface area contributed by atoms with Crippen LogP contribution >= 0.6 is 0 Å². The average molecular weight is 197 g/mol. The standard InChI is InChI=1S/C9H15N3O2/c1-11-9(3-4-9)8(14)12-5-2-6(12)7(10)13/h6,11H,2-5H2,1H3,(H2,10,13). The van der Waals surface area contributed by atoms with E-state index < -0.39 is 5.91 Å². The number of amides is 2. The van der Waals surface area contributed by atoms with E-state index in [1.807, 2.05) is 0 Å². The minimum atomic E-state index is -0.392. The molecule has 1 aliphatic heterocycles. The molecule has 0 aromatic rings. The van der Waals surface area contributed by atoms with E-state index >= 15 is 0 Å². The second-order valence-corrected chi connectivity index (χ2v) is 4.04. The molecule has 0 aromatic heterocycles. The maximum absolute atomic E-state index is 11.9. The summed E-state index contributed by atoms with van der Waals surface area (Å²) in [4.78, 5) is 24.4. The molecular weight excluding hydrogens is 182 g/mol. The second-order valence-electron chi connectivity index (χ2n) is 4.04. The molecule has 2 rings (SSSR count). The SMILES string of the molecule is CNC1(C(=O)N2CCC2C(N)=O)CC1. The van der Waals surface area contributed by atoms with Crippen molar-refractivity contribution < 1.29 is 9.59 Å². The highest BCUT2D eigenvalue weighted by Gasteiger charge is 2.53. The lowest BCUT2D eigenvalue weighted by Gasteiger charge is -2.40. The van der Waals surface area contributed by atoms with Crippen molar-refractivity contribution in [2.24, 2.45) is 5.73 Å². The Labute approximate surface area is 82.6 Å². The van der Waals surface area contributed by atoms with E-state index in [1.54, 1.807) is 11.9 Å². The number of rotatable bonds is 3. The number of likely N-dealkylation sites (tertiary alicyclic amines) is 1. The molecule has 1 unspecified atom stereocenters. The molecule has 3 N–H and O–H groups in total. The number of nitrogens with two attached hydrogens (primary N) is 1. The third-order valence-electron chi connectivity index (χ3n) is 3.25. The van der Waals surface area contributed by atoms with Crippen LogP contribution in [0.25, 0.3) is 0 Å². The quantitative estimate of drug-likeness (QED) is 0.598. The van der Waals surface area contributed by atoms with Gasteiger partial charge < -0.3 is 16.0 Å². The normalized spacial score (nSPS) is 28.1. The molecule has 0 spiro atoms. The van der Waals surface area contributed by atoms with Crippen LogP contribution < -0.4 is 11.1 Å². The summed E-state index contributed by atoms with van der Waals surface area (Å²) in [5.41, 5.74) is 4.80. The van der Waals surface area contributed by atoms with Gasteiger partial charge in [-0.1, -0.05) is 0 Å². The Morgan fingerprint density at radius 3 is 2.43 bits per heavy atom. The Bertz CT molecular complexity index is 286. The lowest BCUT2D eigenvalue weighted by molar-refractivity contribution is -0.148. The summed E-state index contributed by atoms with van der Waals surface area (Å²) < 4.78 is 0. The maximum atomic E-state index is 11.9. The molecule has 78 valence electrons. The zero-order chi connectivity index (χ0) is 10.3. The predicted molar refractivity (Wildman–Crippen MR) is 50.3 cm³/mol. The van der Waals surface area contributed by atoms with E-state index in [2.05, 4.69) is 5.32 Å². The highest BCUT2D eigenvalue weighted by Crippen LogP contribution is 2.38. The minimum Gasteiger partial charge on any atom is -0.368 e. The molecule has 2 aliphatic rings. The van der Waals surface area contributed by atoms with Gasteiger partial charge in [0.2, 0.25) is 11.8 Å². The van der Waals surface area contributed by atoms with Gasteiger partial charge in [0.15, 0.2) is 0 Å². The highest BCUT2D eigenvalue weighted by atomic mass is 16.2. The minimum absolute atomic E-state index is 0.0371. The van der Waals surface area contributed by atoms with E-state index in [9.17, 15) is 9.59 Å². The van der Waals surface area contributed by atoms with Crippen LogP contribution in [0.3, 0.4) is 0 Å². The fourth-order valence-electron chi connectivity index (χ4n) is 1.90. The molecule has 2 amide bonds. The van der Waals surface area contributed by atoms with Crippen molar-refractivity contribution in [1.82, 2.24) is 10.2 Å². The third kappa shape index (κ3) is 1.19. The van der Waals surface area contributed by atoms with Crippen molar-refractivity contribution in [3.63, 3.8) is 0 Å². The number of hydrogen-bond acceptors (Lipinski definition) is 3. The van der Waals surface area contributed by atoms with Crippen molar-refractivity contribution in [1.29, 1.82) is 0 Å². The van der Waals surface area contributed by atoms with Gasteiger partial charge in [-0.05, 0) is 26.3 Å². The molecule has 1 aliphatic carbocycles. The number of primary amides is 1. The summed E-state index contributed by atoms with van der Waals surface area (Å²) >= 11 is 0. The molecule has 1 saturated heterocycles. The molecule has 0 radical (unpaired) electrons. The van der Waals surface area contributed by atoms with Crippen LogP contribution in [0.2, 0.25) is 0 Å². The van der Waals surface area contributed by atoms with Crippen LogP contribution in [-0.4, -0.2) is 41.9 Å². The van der Waals surface area contributed by atoms with Crippen molar-refractivity contribution in [2.45, 2.75) is 30.8 Å². The van der Waals surface area contributed by atoms with Crippen LogP contribution in [0.15, 0.2) is 0 Å². The summed E-state index contributed by atoms with van der Waals surface area (Å²) in [6.45, 7) is 0.663. The Hall–Kier alpha value is -1.10. The molecule has 1 heterocycles. The summed E-state index contributed by atoms with van der Waals surface area (Å²) in [6.07, 6.45) is 2.44. The van der Waals surface area contributed by atoms with Gasteiger partial charge in [0, 0.05) is 6.54 Å². The van der Waals surface area contributed by atoms with Gasteiger partial charge in [-0.3, -0.25) is 9.59 Å². The summed E-state index contributed by atoms with van der Waals surface area (Å²) in [5.74, 6) is -0.355. The van der Waals surface area contributed by atoms with Crippen LogP contribution in [0, 0.1) is 0 Å². The van der Waals surface area contributed by atoms with E-state index in [0.717, 1.165) is 12.8 Å². The van der Waals surface area contributed by atoms with Crippen LogP contribution in [-0.2, 0) is 9.59 Å². The molecule has 1 saturated carbocycles. The van der Waals surface area contributed by atoms with Gasteiger partial charge in [-0.2, -0.15) is 0 Å². The average Bonchev–Trinajstić information content (AvgIpc) is 2.80. The van der Waals surface area contributed by atoms with Crippen LogP contribution in [0.1, 0.15) is 19.3 Å². The van der Waals surface area contributed by atoms with Gasteiger partial charge in [-0.25, -0.2) is 0 Å². The van der Waals surface area contributed by atoms with E-state index in [4.69, 9.17) is 5.73 Å². The largest absolute Gasteiger partial charge is 0.368 e. The Morgan fingerprint density at radius 2 is 2.14 bits per heavy atom. The second kappa shape index (κ2) is 2.95. The number of nitrogens with zero attached hydrogens (tertiary/aromatic N) is 1. The molecule has 1 atom stereocenters. The van der Waals surface area contributed by atoms with Gasteiger partial charge in [0.05, 0.1) is 5.54 Å².